The van der Waals surface area contributed by atoms with E-state index in [0.717, 1.165) is 38.3 Å². The van der Waals surface area contributed by atoms with Gasteiger partial charge in [-0.05, 0) is 128 Å². The molecule has 0 saturated carbocycles. The molecule has 6 aromatic heterocycles. The molecule has 0 fully saturated rings. The first-order valence-corrected chi connectivity index (χ1v) is 42.5. The van der Waals surface area contributed by atoms with Crippen LogP contribution in [0.15, 0.2) is 183 Å². The first-order valence-electron chi connectivity index (χ1n) is 42.5. The lowest BCUT2D eigenvalue weighted by Gasteiger charge is -2.28. The van der Waals surface area contributed by atoms with Gasteiger partial charge in [0.15, 0.2) is 23.8 Å². The zero-order chi connectivity index (χ0) is 91.6. The number of carboxylic acids is 1. The van der Waals surface area contributed by atoms with Gasteiger partial charge in [-0.3, -0.25) is 64.8 Å². The van der Waals surface area contributed by atoms with Gasteiger partial charge in [0.2, 0.25) is 53.2 Å². The van der Waals surface area contributed by atoms with Gasteiger partial charge in [-0.25, -0.2) is 4.79 Å². The Hall–Kier alpha value is -15.7. The number of nitrogens with one attached hydrogen (secondary N) is 23. The van der Waals surface area contributed by atoms with Gasteiger partial charge < -0.3 is 133 Å². The van der Waals surface area contributed by atoms with Crippen LogP contribution in [-0.2, 0) is 86.5 Å². The van der Waals surface area contributed by atoms with Crippen LogP contribution in [0.1, 0.15) is 84.7 Å². The van der Waals surface area contributed by atoms with E-state index in [0.29, 0.717) is 60.5 Å². The fourth-order valence-corrected chi connectivity index (χ4v) is 15.9. The number of nitrogens with two attached hydrogens (primary N) is 5. The minimum absolute atomic E-state index is 0.00149. The van der Waals surface area contributed by atoms with Gasteiger partial charge >= 0.3 is 5.97 Å². The largest absolute Gasteiger partial charge is 0.480 e. The van der Waals surface area contributed by atoms with Gasteiger partial charge in [-0.1, -0.05) is 109 Å². The number of fused-ring (bicyclic) bond motifs is 6. The number of carbonyl (C=O) groups is 10. The highest BCUT2D eigenvalue weighted by Gasteiger charge is 2.38. The quantitative estimate of drug-likeness (QED) is 0.0148. The molecule has 0 radical (unpaired) electrons. The number of aliphatic carboxylic acids is 1. The molecule has 0 unspecified atom stereocenters. The van der Waals surface area contributed by atoms with Gasteiger partial charge in [0.1, 0.15) is 54.4 Å². The van der Waals surface area contributed by atoms with E-state index in [1.165, 1.54) is 0 Å². The van der Waals surface area contributed by atoms with Crippen LogP contribution in [0.2, 0.25) is 0 Å². The van der Waals surface area contributed by atoms with E-state index >= 15 is 33.6 Å². The minimum Gasteiger partial charge on any atom is -0.480 e. The van der Waals surface area contributed by atoms with Crippen LogP contribution in [0.3, 0.4) is 0 Å². The number of amides is 9. The summed E-state index contributed by atoms with van der Waals surface area (Å²) in [5.74, 6) is -10.8. The molecule has 39 heteroatoms. The van der Waals surface area contributed by atoms with Crippen LogP contribution in [-0.4, -0.2) is 205 Å². The number of guanidine groups is 4. The van der Waals surface area contributed by atoms with E-state index in [1.54, 1.807) is 97.8 Å². The van der Waals surface area contributed by atoms with Crippen molar-refractivity contribution in [3.05, 3.63) is 216 Å². The summed E-state index contributed by atoms with van der Waals surface area (Å²) in [5.41, 5.74) is 37.4. The van der Waals surface area contributed by atoms with Crippen molar-refractivity contribution in [1.29, 1.82) is 21.6 Å². The minimum atomic E-state index is -1.62. The van der Waals surface area contributed by atoms with Crippen LogP contribution in [0.25, 0.3) is 65.4 Å². The molecule has 129 heavy (non-hydrogen) atoms. The predicted molar refractivity (Wildman–Crippen MR) is 492 cm³/mol. The van der Waals surface area contributed by atoms with Crippen LogP contribution in [0.5, 0.6) is 0 Å². The zero-order valence-electron chi connectivity index (χ0n) is 70.7. The number of hydrogen-bond acceptors (Lipinski definition) is 15. The highest BCUT2D eigenvalue weighted by Crippen LogP contribution is 2.27. The Balaban J connectivity index is 0.835. The third-order valence-corrected chi connectivity index (χ3v) is 22.6. The number of carbonyl (C=O) groups excluding carboxylic acids is 9. The van der Waals surface area contributed by atoms with Crippen molar-refractivity contribution in [2.24, 2.45) is 28.7 Å². The smallest absolute Gasteiger partial charge is 0.326 e. The van der Waals surface area contributed by atoms with Gasteiger partial charge in [-0.2, -0.15) is 0 Å². The number of rotatable bonds is 47. The van der Waals surface area contributed by atoms with E-state index in [1.807, 2.05) is 84.9 Å². The molecule has 12 aromatic rings. The Morgan fingerprint density at radius 1 is 0.264 bits per heavy atom. The van der Waals surface area contributed by atoms with E-state index in [9.17, 15) is 19.5 Å². The third-order valence-electron chi connectivity index (χ3n) is 22.6. The molecule has 10 atom stereocenters. The maximum atomic E-state index is 15.9. The number of hydrogen-bond donors (Lipinski definition) is 29. The van der Waals surface area contributed by atoms with E-state index in [-0.39, 0.29) is 122 Å². The number of aromatic amines is 6. The Kier molecular flexibility index (Phi) is 31.7. The van der Waals surface area contributed by atoms with Crippen molar-refractivity contribution in [3.8, 4) is 0 Å². The molecule has 9 amide bonds. The highest BCUT2D eigenvalue weighted by molar-refractivity contribution is 6.01. The zero-order valence-corrected chi connectivity index (χ0v) is 70.7. The molecule has 0 saturated heterocycles. The van der Waals surface area contributed by atoms with Crippen molar-refractivity contribution in [2.75, 3.05) is 26.2 Å². The first kappa shape index (κ1) is 92.5. The number of H-pyrrole nitrogens is 6. The molecular weight excluding hydrogens is 1650 g/mol. The molecular formula is C90H110N28O11. The van der Waals surface area contributed by atoms with Crippen LogP contribution in [0.4, 0.5) is 0 Å². The highest BCUT2D eigenvalue weighted by atomic mass is 16.4. The lowest BCUT2D eigenvalue weighted by molar-refractivity contribution is -0.142. The summed E-state index contributed by atoms with van der Waals surface area (Å²) < 4.78 is 0. The number of carboxylic acid groups (broad SMARTS) is 1. The second kappa shape index (κ2) is 44.3. The lowest BCUT2D eigenvalue weighted by atomic mass is 10.00. The molecule has 0 aliphatic heterocycles. The second-order valence-electron chi connectivity index (χ2n) is 31.8. The summed E-state index contributed by atoms with van der Waals surface area (Å²) in [4.78, 5) is 170. The van der Waals surface area contributed by atoms with Crippen LogP contribution in [0, 0.1) is 21.6 Å². The standard InChI is InChI=1S/C90H110N28O11/c91-61(37-49-43-104-62-23-7-1-17-55(49)62)77(119)114-72(38-50-44-105-63-24-8-2-18-56(50)63)82(124)112-68(29-13-33-100-87(92)93)78(120)110-70(31-15-35-102-89(96)97)80(122)115-74(40-52-46-107-65-26-10-4-20-58(52)65)84(126)117-73(39-51-45-106-64-25-9-3-19-57(51)64)83(125)113-69(30-14-34-101-88(94)95)79(121)111-71(32-16-36-103-90(98)99)81(123)116-75(41-53-47-108-66-27-11-5-21-59(53)66)85(127)118-76(86(128)129)42-54-48-109-67-28-12-6-22-60(54)67/h1-12,17-28,43-48,61,68-76,104-109H,13-16,29-42,91H2,(H,110,120)(H,111,121)(H,112,124)(H,113,125)(H,114,119)(H,115,122)(H,116,123)(H,117,126)(H,118,127)(H,128,129)(H4,92,93,100)(H4,94,95,101)(H4,96,97,102)(H4,98,99,103)/t61-,68-,69-,70-,71-,72-,73-,74-,75-,76-/m0/s1. The van der Waals surface area contributed by atoms with Crippen LogP contribution < -0.4 is 97.8 Å². The van der Waals surface area contributed by atoms with Crippen molar-refractivity contribution in [1.82, 2.24) is 99.0 Å². The van der Waals surface area contributed by atoms with Gasteiger partial charge in [0, 0.05) is 161 Å². The summed E-state index contributed by atoms with van der Waals surface area (Å²) in [6.45, 7) is 0.0945. The lowest BCUT2D eigenvalue weighted by Crippen LogP contribution is -2.61. The van der Waals surface area contributed by atoms with Crippen molar-refractivity contribution in [3.63, 3.8) is 0 Å². The molecule has 6 heterocycles. The normalized spacial score (nSPS) is 13.7. The fraction of sp³-hybridized carbons (Fsp3) is 0.311. The van der Waals surface area contributed by atoms with Crippen LogP contribution >= 0.6 is 0 Å². The van der Waals surface area contributed by atoms with Gasteiger partial charge in [0.25, 0.3) is 0 Å². The topological polar surface area (TPSA) is 668 Å². The Morgan fingerprint density at radius 2 is 0.442 bits per heavy atom. The molecule has 676 valence electrons. The Bertz CT molecular complexity index is 6040. The molecule has 0 spiro atoms. The predicted octanol–water partition coefficient (Wildman–Crippen LogP) is 2.16. The Labute approximate surface area is 739 Å². The van der Waals surface area contributed by atoms with E-state index < -0.39 is 137 Å². The molecule has 0 bridgehead atoms. The average molecular weight is 1760 g/mol. The number of benzene rings is 6. The molecule has 0 aliphatic carbocycles. The second-order valence-corrected chi connectivity index (χ2v) is 31.8. The Morgan fingerprint density at radius 3 is 0.659 bits per heavy atom. The first-order chi connectivity index (χ1) is 62.2. The maximum absolute atomic E-state index is 15.9. The van der Waals surface area contributed by atoms with E-state index in [4.69, 9.17) is 50.3 Å². The molecule has 34 N–H and O–H groups in total. The summed E-state index contributed by atoms with van der Waals surface area (Å²) in [5, 5.41) is 82.8. The third kappa shape index (κ3) is 25.3. The maximum Gasteiger partial charge on any atom is 0.326 e. The number of aromatic nitrogens is 6. The summed E-state index contributed by atoms with van der Waals surface area (Å²) in [6, 6.07) is 28.8. The summed E-state index contributed by atoms with van der Waals surface area (Å²) >= 11 is 0. The van der Waals surface area contributed by atoms with Crippen molar-refractivity contribution in [2.45, 2.75) is 150 Å². The van der Waals surface area contributed by atoms with E-state index in [2.05, 4.69) is 99.0 Å². The summed E-state index contributed by atoms with van der Waals surface area (Å²) in [7, 11) is 0. The molecule has 39 nitrogen and oxygen atoms in total. The average Bonchev–Trinajstić information content (AvgIpc) is 1.71. The van der Waals surface area contributed by atoms with Crippen molar-refractivity contribution >= 4 is 148 Å². The SMILES string of the molecule is N=C(N)NCCC[C@H](NC(=O)[C@H](CCCNC(=N)N)NC(=O)[C@H](Cc1c[nH]c2ccccc12)NC(=O)[C@H](Cc1c[nH]c2ccccc12)NC(=O)[C@H](CCCNC(=N)N)NC(=O)[C@H](CCCNC(=N)N)NC(=O)[C@H](Cc1c[nH]c2ccccc12)NC(=O)[C@@H](N)Cc1c[nH]c2ccccc12)C(=O)N[C@@H](Cc1c[nH]c2ccccc12)C(=O)N[C@@H](Cc1c[nH]c2ccccc12)C(=O)O. The molecule has 0 aliphatic rings. The monoisotopic (exact) mass is 1760 g/mol. The number of para-hydroxylation sites is 6. The summed E-state index contributed by atoms with van der Waals surface area (Å²) in [6.07, 6.45) is 8.81. The fourth-order valence-electron chi connectivity index (χ4n) is 15.9. The van der Waals surface area contributed by atoms with Gasteiger partial charge in [0.05, 0.1) is 6.04 Å². The van der Waals surface area contributed by atoms with Crippen molar-refractivity contribution < 1.29 is 53.1 Å². The molecule has 12 rings (SSSR count). The molecule has 6 aromatic carbocycles. The van der Waals surface area contributed by atoms with Gasteiger partial charge in [-0.15, -0.1) is 0 Å².